The van der Waals surface area contributed by atoms with Gasteiger partial charge in [-0.1, -0.05) is 0 Å². The van der Waals surface area contributed by atoms with Crippen molar-refractivity contribution in [1.29, 1.82) is 0 Å². The summed E-state index contributed by atoms with van der Waals surface area (Å²) in [4.78, 5) is 14.1. The highest BCUT2D eigenvalue weighted by atomic mass is 16.5. The number of aryl methyl sites for hydroxylation is 1. The summed E-state index contributed by atoms with van der Waals surface area (Å²) in [6.07, 6.45) is 5.28. The van der Waals surface area contributed by atoms with Crippen LogP contribution in [0.1, 0.15) is 37.5 Å². The molecule has 1 aromatic carbocycles. The molecule has 1 N–H and O–H groups in total. The minimum absolute atomic E-state index is 0.0969. The van der Waals surface area contributed by atoms with E-state index in [0.717, 1.165) is 35.3 Å². The second-order valence-corrected chi connectivity index (χ2v) is 6.15. The summed E-state index contributed by atoms with van der Waals surface area (Å²) in [5, 5.41) is 13.0. The third kappa shape index (κ3) is 3.02. The van der Waals surface area contributed by atoms with Crippen LogP contribution in [0.2, 0.25) is 0 Å². The van der Waals surface area contributed by atoms with Gasteiger partial charge in [0, 0.05) is 23.4 Å². The third-order valence-electron chi connectivity index (χ3n) is 4.49. The molecule has 1 aliphatic carbocycles. The molecule has 2 aromatic heterocycles. The molecule has 0 radical (unpaired) electrons. The lowest BCUT2D eigenvalue weighted by Crippen LogP contribution is -2.21. The fourth-order valence-electron chi connectivity index (χ4n) is 2.93. The first-order valence-corrected chi connectivity index (χ1v) is 8.32. The van der Waals surface area contributed by atoms with E-state index < -0.39 is 0 Å². The Bertz CT molecular complexity index is 897. The number of aromatic amines is 1. The highest BCUT2D eigenvalue weighted by Gasteiger charge is 2.23. The Kier molecular flexibility index (Phi) is 3.98. The number of hydrogen-bond donors (Lipinski definition) is 1. The van der Waals surface area contributed by atoms with E-state index in [-0.39, 0.29) is 5.56 Å². The standard InChI is InChI=1S/C17H19N5O2/c23-17-9-6-12-11-14(7-8-15(12)18-17)24-10-2-5-16-19-20-21-22(16)13-3-1-4-13/h6-9,11,13H,1-5,10H2,(H,18,23). The number of hydrogen-bond acceptors (Lipinski definition) is 5. The number of benzene rings is 1. The molecular weight excluding hydrogens is 306 g/mol. The van der Waals surface area contributed by atoms with E-state index in [1.165, 1.54) is 25.3 Å². The van der Waals surface area contributed by atoms with Gasteiger partial charge < -0.3 is 9.72 Å². The lowest BCUT2D eigenvalue weighted by molar-refractivity contribution is 0.271. The van der Waals surface area contributed by atoms with E-state index in [1.807, 2.05) is 22.9 Å². The highest BCUT2D eigenvalue weighted by molar-refractivity contribution is 5.79. The lowest BCUT2D eigenvalue weighted by Gasteiger charge is -2.25. The van der Waals surface area contributed by atoms with Crippen molar-refractivity contribution in [3.05, 3.63) is 46.5 Å². The number of fused-ring (bicyclic) bond motifs is 1. The first-order chi connectivity index (χ1) is 11.8. The second-order valence-electron chi connectivity index (χ2n) is 6.15. The molecule has 0 atom stereocenters. The molecule has 0 spiro atoms. The molecule has 24 heavy (non-hydrogen) atoms. The lowest BCUT2D eigenvalue weighted by atomic mass is 9.93. The van der Waals surface area contributed by atoms with Gasteiger partial charge >= 0.3 is 0 Å². The fraction of sp³-hybridized carbons (Fsp3) is 0.412. The van der Waals surface area contributed by atoms with Gasteiger partial charge in [0.05, 0.1) is 12.6 Å². The van der Waals surface area contributed by atoms with E-state index in [0.29, 0.717) is 12.6 Å². The average Bonchev–Trinajstić information content (AvgIpc) is 2.98. The minimum atomic E-state index is -0.0969. The van der Waals surface area contributed by atoms with Crippen molar-refractivity contribution in [2.75, 3.05) is 6.61 Å². The molecule has 0 aliphatic heterocycles. The monoisotopic (exact) mass is 325 g/mol. The normalized spacial score (nSPS) is 14.7. The molecule has 0 unspecified atom stereocenters. The summed E-state index contributed by atoms with van der Waals surface area (Å²) in [5.41, 5.74) is 0.717. The van der Waals surface area contributed by atoms with Crippen LogP contribution >= 0.6 is 0 Å². The Morgan fingerprint density at radius 1 is 1.25 bits per heavy atom. The Labute approximate surface area is 138 Å². The zero-order chi connectivity index (χ0) is 16.4. The van der Waals surface area contributed by atoms with Crippen LogP contribution in [0.4, 0.5) is 0 Å². The summed E-state index contributed by atoms with van der Waals surface area (Å²) in [5.74, 6) is 1.74. The van der Waals surface area contributed by atoms with E-state index in [1.54, 1.807) is 6.07 Å². The van der Waals surface area contributed by atoms with Gasteiger partial charge in [-0.2, -0.15) is 0 Å². The molecule has 1 fully saturated rings. The Morgan fingerprint density at radius 2 is 2.17 bits per heavy atom. The van der Waals surface area contributed by atoms with Gasteiger partial charge in [0.15, 0.2) is 5.82 Å². The molecule has 1 saturated carbocycles. The number of H-pyrrole nitrogens is 1. The van der Waals surface area contributed by atoms with Gasteiger partial charge in [0.2, 0.25) is 5.56 Å². The quantitative estimate of drug-likeness (QED) is 0.703. The van der Waals surface area contributed by atoms with E-state index in [2.05, 4.69) is 20.5 Å². The van der Waals surface area contributed by atoms with Crippen molar-refractivity contribution < 1.29 is 4.74 Å². The van der Waals surface area contributed by atoms with E-state index in [9.17, 15) is 4.79 Å². The molecule has 0 saturated heterocycles. The van der Waals surface area contributed by atoms with Crippen molar-refractivity contribution in [2.24, 2.45) is 0 Å². The van der Waals surface area contributed by atoms with E-state index in [4.69, 9.17) is 4.74 Å². The van der Waals surface area contributed by atoms with Crippen molar-refractivity contribution in [1.82, 2.24) is 25.2 Å². The molecule has 0 bridgehead atoms. The zero-order valence-electron chi connectivity index (χ0n) is 13.3. The van der Waals surface area contributed by atoms with Crippen LogP contribution < -0.4 is 10.3 Å². The minimum Gasteiger partial charge on any atom is -0.494 e. The van der Waals surface area contributed by atoms with Crippen molar-refractivity contribution >= 4 is 10.9 Å². The number of ether oxygens (including phenoxy) is 1. The van der Waals surface area contributed by atoms with Gasteiger partial charge in [-0.3, -0.25) is 4.79 Å². The van der Waals surface area contributed by atoms with Gasteiger partial charge in [0.1, 0.15) is 5.75 Å². The van der Waals surface area contributed by atoms with Crippen LogP contribution in [-0.2, 0) is 6.42 Å². The summed E-state index contributed by atoms with van der Waals surface area (Å²) in [6.45, 7) is 0.604. The van der Waals surface area contributed by atoms with Crippen molar-refractivity contribution in [3.63, 3.8) is 0 Å². The Hall–Kier alpha value is -2.70. The van der Waals surface area contributed by atoms with Gasteiger partial charge in [-0.15, -0.1) is 5.10 Å². The summed E-state index contributed by atoms with van der Waals surface area (Å²) >= 11 is 0. The van der Waals surface area contributed by atoms with Crippen LogP contribution in [0.3, 0.4) is 0 Å². The number of rotatable bonds is 6. The summed E-state index contributed by atoms with van der Waals surface area (Å²) in [6, 6.07) is 9.47. The first-order valence-electron chi connectivity index (χ1n) is 8.32. The van der Waals surface area contributed by atoms with E-state index >= 15 is 0 Å². The van der Waals surface area contributed by atoms with Crippen LogP contribution in [0.15, 0.2) is 35.1 Å². The molecule has 3 aromatic rings. The van der Waals surface area contributed by atoms with Crippen LogP contribution in [-0.4, -0.2) is 31.8 Å². The maximum atomic E-state index is 11.3. The van der Waals surface area contributed by atoms with Crippen LogP contribution in [0.5, 0.6) is 5.75 Å². The maximum absolute atomic E-state index is 11.3. The molecule has 7 nitrogen and oxygen atoms in total. The predicted octanol–water partition coefficient (Wildman–Crippen LogP) is 2.25. The second kappa shape index (κ2) is 6.43. The number of aromatic nitrogens is 5. The smallest absolute Gasteiger partial charge is 0.248 e. The Morgan fingerprint density at radius 3 is 3.00 bits per heavy atom. The van der Waals surface area contributed by atoms with Crippen LogP contribution in [0, 0.1) is 0 Å². The number of nitrogens with zero attached hydrogens (tertiary/aromatic N) is 4. The third-order valence-corrected chi connectivity index (χ3v) is 4.49. The molecule has 7 heteroatoms. The molecule has 1 aliphatic rings. The summed E-state index contributed by atoms with van der Waals surface area (Å²) in [7, 11) is 0. The van der Waals surface area contributed by atoms with Gasteiger partial charge in [0.25, 0.3) is 0 Å². The molecular formula is C17H19N5O2. The first kappa shape index (κ1) is 14.9. The SMILES string of the molecule is O=c1ccc2cc(OCCCc3nnnn3C3CCC3)ccc2[nH]1. The zero-order valence-corrected chi connectivity index (χ0v) is 13.3. The maximum Gasteiger partial charge on any atom is 0.248 e. The molecule has 124 valence electrons. The summed E-state index contributed by atoms with van der Waals surface area (Å²) < 4.78 is 7.78. The number of pyridine rings is 1. The van der Waals surface area contributed by atoms with Crippen molar-refractivity contribution in [2.45, 2.75) is 38.1 Å². The molecule has 0 amide bonds. The topological polar surface area (TPSA) is 85.7 Å². The van der Waals surface area contributed by atoms with Crippen LogP contribution in [0.25, 0.3) is 10.9 Å². The number of tetrazole rings is 1. The van der Waals surface area contributed by atoms with Gasteiger partial charge in [-0.05, 0) is 60.4 Å². The largest absolute Gasteiger partial charge is 0.494 e. The Balaban J connectivity index is 1.33. The molecule has 4 rings (SSSR count). The molecule has 2 heterocycles. The average molecular weight is 325 g/mol. The van der Waals surface area contributed by atoms with Gasteiger partial charge in [-0.25, -0.2) is 4.68 Å². The highest BCUT2D eigenvalue weighted by Crippen LogP contribution is 2.31. The van der Waals surface area contributed by atoms with Crippen molar-refractivity contribution in [3.8, 4) is 5.75 Å². The number of nitrogens with one attached hydrogen (secondary N) is 1. The predicted molar refractivity (Wildman–Crippen MR) is 89.1 cm³/mol. The fourth-order valence-corrected chi connectivity index (χ4v) is 2.93.